The van der Waals surface area contributed by atoms with Gasteiger partial charge in [-0.15, -0.1) is 0 Å². The first kappa shape index (κ1) is 20.0. The first-order valence-corrected chi connectivity index (χ1v) is 10.8. The summed E-state index contributed by atoms with van der Waals surface area (Å²) in [5.41, 5.74) is 3.41. The predicted molar refractivity (Wildman–Crippen MR) is 110 cm³/mol. The molecule has 27 heavy (non-hydrogen) atoms. The van der Waals surface area contributed by atoms with Gasteiger partial charge < -0.3 is 0 Å². The van der Waals surface area contributed by atoms with Crippen molar-refractivity contribution in [3.05, 3.63) is 47.4 Å². The van der Waals surface area contributed by atoms with Gasteiger partial charge in [-0.05, 0) is 61.3 Å². The Bertz CT molecular complexity index is 703. The van der Waals surface area contributed by atoms with Crippen LogP contribution >= 0.6 is 0 Å². The zero-order chi connectivity index (χ0) is 19.1. The lowest BCUT2D eigenvalue weighted by Crippen LogP contribution is -2.14. The first-order valence-electron chi connectivity index (χ1n) is 10.8. The summed E-state index contributed by atoms with van der Waals surface area (Å²) in [6.45, 7) is 4.47. The van der Waals surface area contributed by atoms with Crippen molar-refractivity contribution in [1.29, 1.82) is 0 Å². The molecule has 2 nitrogen and oxygen atoms in total. The molecule has 0 aliphatic heterocycles. The quantitative estimate of drug-likeness (QED) is 0.513. The molecule has 1 saturated carbocycles. The SMILES string of the molecule is CCCCc1ccc(-c2ccc(CCC3CCC(CC)CC3)c(F)c2)nn1. The molecule has 0 saturated heterocycles. The molecular formula is C24H33FN2. The van der Waals surface area contributed by atoms with E-state index in [0.29, 0.717) is 0 Å². The van der Waals surface area contributed by atoms with Crippen LogP contribution in [0.1, 0.15) is 76.5 Å². The third-order valence-electron chi connectivity index (χ3n) is 6.22. The van der Waals surface area contributed by atoms with E-state index in [0.717, 1.165) is 66.5 Å². The van der Waals surface area contributed by atoms with Gasteiger partial charge in [-0.1, -0.05) is 64.5 Å². The van der Waals surface area contributed by atoms with Gasteiger partial charge in [0.15, 0.2) is 0 Å². The van der Waals surface area contributed by atoms with Crippen molar-refractivity contribution < 1.29 is 4.39 Å². The van der Waals surface area contributed by atoms with Crippen LogP contribution < -0.4 is 0 Å². The zero-order valence-corrected chi connectivity index (χ0v) is 16.9. The molecule has 0 unspecified atom stereocenters. The number of rotatable bonds is 8. The third kappa shape index (κ3) is 5.60. The Morgan fingerprint density at radius 2 is 1.70 bits per heavy atom. The molecule has 0 radical (unpaired) electrons. The van der Waals surface area contributed by atoms with E-state index in [1.165, 1.54) is 32.1 Å². The Kier molecular flexibility index (Phi) is 7.37. The van der Waals surface area contributed by atoms with E-state index >= 15 is 0 Å². The summed E-state index contributed by atoms with van der Waals surface area (Å²) in [5.74, 6) is 1.59. The monoisotopic (exact) mass is 368 g/mol. The van der Waals surface area contributed by atoms with E-state index in [4.69, 9.17) is 0 Å². The fourth-order valence-corrected chi connectivity index (χ4v) is 4.20. The van der Waals surface area contributed by atoms with Gasteiger partial charge >= 0.3 is 0 Å². The number of halogens is 1. The maximum absolute atomic E-state index is 14.6. The van der Waals surface area contributed by atoms with Crippen LogP contribution in [0, 0.1) is 17.7 Å². The van der Waals surface area contributed by atoms with E-state index in [9.17, 15) is 4.39 Å². The van der Waals surface area contributed by atoms with Crippen LogP contribution in [0.25, 0.3) is 11.3 Å². The minimum Gasteiger partial charge on any atom is -0.207 e. The molecule has 1 aromatic carbocycles. The number of hydrogen-bond acceptors (Lipinski definition) is 2. The lowest BCUT2D eigenvalue weighted by Gasteiger charge is -2.27. The fourth-order valence-electron chi connectivity index (χ4n) is 4.20. The van der Waals surface area contributed by atoms with E-state index in [1.54, 1.807) is 6.07 Å². The van der Waals surface area contributed by atoms with Crippen LogP contribution in [0.5, 0.6) is 0 Å². The van der Waals surface area contributed by atoms with E-state index in [1.807, 2.05) is 24.3 Å². The maximum Gasteiger partial charge on any atom is 0.127 e. The minimum absolute atomic E-state index is 0.105. The molecule has 1 aliphatic carbocycles. The number of benzene rings is 1. The Labute approximate surface area is 163 Å². The molecule has 0 bridgehead atoms. The van der Waals surface area contributed by atoms with Gasteiger partial charge in [0.05, 0.1) is 11.4 Å². The summed E-state index contributed by atoms with van der Waals surface area (Å²) in [4.78, 5) is 0. The summed E-state index contributed by atoms with van der Waals surface area (Å²) in [7, 11) is 0. The van der Waals surface area contributed by atoms with Crippen LogP contribution in [0.15, 0.2) is 30.3 Å². The Hall–Kier alpha value is -1.77. The first-order chi connectivity index (χ1) is 13.2. The molecule has 1 aliphatic rings. The van der Waals surface area contributed by atoms with Crippen LogP contribution in [-0.2, 0) is 12.8 Å². The average Bonchev–Trinajstić information content (AvgIpc) is 2.72. The van der Waals surface area contributed by atoms with Gasteiger partial charge in [0.1, 0.15) is 5.82 Å². The Morgan fingerprint density at radius 1 is 0.926 bits per heavy atom. The summed E-state index contributed by atoms with van der Waals surface area (Å²) in [5, 5.41) is 8.57. The van der Waals surface area contributed by atoms with Crippen molar-refractivity contribution in [2.24, 2.45) is 11.8 Å². The van der Waals surface area contributed by atoms with Crippen molar-refractivity contribution >= 4 is 0 Å². The molecular weight excluding hydrogens is 335 g/mol. The highest BCUT2D eigenvalue weighted by atomic mass is 19.1. The molecule has 0 amide bonds. The van der Waals surface area contributed by atoms with Crippen molar-refractivity contribution in [2.45, 2.75) is 78.1 Å². The highest BCUT2D eigenvalue weighted by Crippen LogP contribution is 2.33. The van der Waals surface area contributed by atoms with Crippen molar-refractivity contribution in [2.75, 3.05) is 0 Å². The van der Waals surface area contributed by atoms with Gasteiger partial charge in [-0.3, -0.25) is 0 Å². The number of unbranched alkanes of at least 4 members (excludes halogenated alkanes) is 1. The van der Waals surface area contributed by atoms with Gasteiger partial charge in [-0.2, -0.15) is 10.2 Å². The average molecular weight is 369 g/mol. The second-order valence-corrected chi connectivity index (χ2v) is 8.15. The second kappa shape index (κ2) is 9.96. The van der Waals surface area contributed by atoms with E-state index in [2.05, 4.69) is 24.0 Å². The molecule has 1 fully saturated rings. The Balaban J connectivity index is 1.57. The molecule has 0 atom stereocenters. The van der Waals surface area contributed by atoms with Gasteiger partial charge in [-0.25, -0.2) is 4.39 Å². The topological polar surface area (TPSA) is 25.8 Å². The van der Waals surface area contributed by atoms with Crippen LogP contribution in [0.2, 0.25) is 0 Å². The highest BCUT2D eigenvalue weighted by molar-refractivity contribution is 5.59. The molecule has 1 heterocycles. The minimum atomic E-state index is -0.105. The van der Waals surface area contributed by atoms with Gasteiger partial charge in [0, 0.05) is 5.56 Å². The summed E-state index contributed by atoms with van der Waals surface area (Å²) < 4.78 is 14.6. The molecule has 3 heteroatoms. The predicted octanol–water partition coefficient (Wildman–Crippen LogP) is 6.77. The number of aryl methyl sites for hydroxylation is 2. The molecule has 0 spiro atoms. The smallest absolute Gasteiger partial charge is 0.127 e. The second-order valence-electron chi connectivity index (χ2n) is 8.15. The van der Waals surface area contributed by atoms with Crippen LogP contribution in [0.4, 0.5) is 4.39 Å². The van der Waals surface area contributed by atoms with Crippen molar-refractivity contribution in [3.63, 3.8) is 0 Å². The molecule has 2 aromatic rings. The largest absolute Gasteiger partial charge is 0.207 e. The lowest BCUT2D eigenvalue weighted by molar-refractivity contribution is 0.258. The fraction of sp³-hybridized carbons (Fsp3) is 0.583. The van der Waals surface area contributed by atoms with Gasteiger partial charge in [0.25, 0.3) is 0 Å². The molecule has 0 N–H and O–H groups in total. The van der Waals surface area contributed by atoms with Crippen molar-refractivity contribution in [3.8, 4) is 11.3 Å². The highest BCUT2D eigenvalue weighted by Gasteiger charge is 2.20. The van der Waals surface area contributed by atoms with Crippen LogP contribution in [0.3, 0.4) is 0 Å². The third-order valence-corrected chi connectivity index (χ3v) is 6.22. The maximum atomic E-state index is 14.6. The van der Waals surface area contributed by atoms with E-state index in [-0.39, 0.29) is 5.82 Å². The standard InChI is InChI=1S/C24H33FN2/c1-3-5-6-22-15-16-24(27-26-22)21-14-13-20(23(25)17-21)12-11-19-9-7-18(4-2)8-10-19/h13-19H,3-12H2,1-2H3. The molecule has 146 valence electrons. The van der Waals surface area contributed by atoms with Crippen LogP contribution in [-0.4, -0.2) is 10.2 Å². The summed E-state index contributed by atoms with van der Waals surface area (Å²) in [6, 6.07) is 9.52. The Morgan fingerprint density at radius 3 is 2.33 bits per heavy atom. The van der Waals surface area contributed by atoms with Crippen molar-refractivity contribution in [1.82, 2.24) is 10.2 Å². The summed E-state index contributed by atoms with van der Waals surface area (Å²) >= 11 is 0. The number of nitrogens with zero attached hydrogens (tertiary/aromatic N) is 2. The molecule has 3 rings (SSSR count). The summed E-state index contributed by atoms with van der Waals surface area (Å²) in [6.07, 6.45) is 11.8. The zero-order valence-electron chi connectivity index (χ0n) is 16.9. The normalized spacial score (nSPS) is 20.0. The molecule has 1 aromatic heterocycles. The van der Waals surface area contributed by atoms with E-state index < -0.39 is 0 Å². The van der Waals surface area contributed by atoms with Gasteiger partial charge in [0.2, 0.25) is 0 Å². The lowest BCUT2D eigenvalue weighted by atomic mass is 9.78. The number of aromatic nitrogens is 2. The number of hydrogen-bond donors (Lipinski definition) is 0.